The van der Waals surface area contributed by atoms with Gasteiger partial charge in [0.25, 0.3) is 0 Å². The Morgan fingerprint density at radius 2 is 1.92 bits per heavy atom. The van der Waals surface area contributed by atoms with E-state index >= 15 is 0 Å². The first-order chi connectivity index (χ1) is 11.1. The molecular formula is C14H14F3NO5S. The Morgan fingerprint density at radius 1 is 1.25 bits per heavy atom. The van der Waals surface area contributed by atoms with E-state index in [9.17, 15) is 21.6 Å². The molecule has 0 spiro atoms. The Bertz CT molecular complexity index is 870. The molecule has 132 valence electrons. The fourth-order valence-corrected chi connectivity index (χ4v) is 2.62. The highest BCUT2D eigenvalue weighted by atomic mass is 32.2. The number of aromatic nitrogens is 1. The van der Waals surface area contributed by atoms with E-state index in [0.717, 1.165) is 0 Å². The lowest BCUT2D eigenvalue weighted by Crippen LogP contribution is -2.24. The molecule has 0 bridgehead atoms. The second-order valence-corrected chi connectivity index (χ2v) is 6.23. The quantitative estimate of drug-likeness (QED) is 0.447. The van der Waals surface area contributed by atoms with E-state index in [2.05, 4.69) is 10.8 Å². The minimum Gasteiger partial charge on any atom is -0.495 e. The number of fused-ring (bicyclic) bond motifs is 1. The number of nitrogens with zero attached hydrogens (tertiary/aromatic N) is 1. The Balaban J connectivity index is 2.52. The van der Waals surface area contributed by atoms with Gasteiger partial charge in [-0.25, -0.2) is 0 Å². The van der Waals surface area contributed by atoms with Crippen LogP contribution in [0.3, 0.4) is 0 Å². The molecule has 0 amide bonds. The molecular weight excluding hydrogens is 351 g/mol. The van der Waals surface area contributed by atoms with Crippen molar-refractivity contribution in [1.82, 2.24) is 4.57 Å². The van der Waals surface area contributed by atoms with Crippen LogP contribution in [0, 0.1) is 0 Å². The summed E-state index contributed by atoms with van der Waals surface area (Å²) in [7, 11) is -2.89. The molecule has 1 aromatic carbocycles. The molecule has 0 aliphatic carbocycles. The third-order valence-corrected chi connectivity index (χ3v) is 4.16. The van der Waals surface area contributed by atoms with Gasteiger partial charge < -0.3 is 18.2 Å². The number of hydrogen-bond donors (Lipinski definition) is 0. The molecule has 0 saturated carbocycles. The van der Waals surface area contributed by atoms with Crippen molar-refractivity contribution in [3.8, 4) is 5.75 Å². The van der Waals surface area contributed by atoms with Crippen molar-refractivity contribution in [1.29, 1.82) is 0 Å². The maximum absolute atomic E-state index is 12.5. The number of alkyl halides is 3. The Hall–Kier alpha value is -2.20. The molecule has 0 aliphatic rings. The van der Waals surface area contributed by atoms with Crippen LogP contribution in [0.4, 0.5) is 13.2 Å². The van der Waals surface area contributed by atoms with Gasteiger partial charge in [-0.1, -0.05) is 6.58 Å². The monoisotopic (exact) mass is 365 g/mol. The molecule has 0 aliphatic heterocycles. The van der Waals surface area contributed by atoms with Crippen LogP contribution in [-0.4, -0.2) is 32.7 Å². The number of hydrogen-bond acceptors (Lipinski definition) is 5. The topological polar surface area (TPSA) is 66.8 Å². The molecule has 2 rings (SSSR count). The molecule has 0 radical (unpaired) electrons. The van der Waals surface area contributed by atoms with Crippen LogP contribution >= 0.6 is 0 Å². The molecule has 0 fully saturated rings. The minimum absolute atomic E-state index is 0.0912. The van der Waals surface area contributed by atoms with E-state index in [0.29, 0.717) is 16.7 Å². The molecule has 10 heteroatoms. The molecule has 0 N–H and O–H groups in total. The van der Waals surface area contributed by atoms with Crippen molar-refractivity contribution < 1.29 is 35.2 Å². The van der Waals surface area contributed by atoms with E-state index in [-0.39, 0.29) is 12.3 Å². The summed E-state index contributed by atoms with van der Waals surface area (Å²) in [6.45, 7) is 3.47. The third kappa shape index (κ3) is 3.20. The summed E-state index contributed by atoms with van der Waals surface area (Å²) in [6, 6.07) is 4.41. The molecule has 2 aromatic rings. The van der Waals surface area contributed by atoms with Gasteiger partial charge in [0.1, 0.15) is 18.2 Å². The lowest BCUT2D eigenvalue weighted by Gasteiger charge is -2.14. The van der Waals surface area contributed by atoms with Gasteiger partial charge in [-0.05, 0) is 18.2 Å². The fourth-order valence-electron chi connectivity index (χ4n) is 2.17. The normalized spacial score (nSPS) is 12.4. The number of ether oxygens (including phenoxy) is 2. The predicted molar refractivity (Wildman–Crippen MR) is 80.6 cm³/mol. The van der Waals surface area contributed by atoms with Crippen LogP contribution in [0.15, 0.2) is 31.0 Å². The van der Waals surface area contributed by atoms with Crippen molar-refractivity contribution in [2.24, 2.45) is 0 Å². The van der Waals surface area contributed by atoms with Crippen LogP contribution in [0.1, 0.15) is 5.56 Å². The number of methoxy groups -OCH3 is 2. The lowest BCUT2D eigenvalue weighted by molar-refractivity contribution is -0.0509. The number of halogens is 3. The zero-order chi connectivity index (χ0) is 18.1. The largest absolute Gasteiger partial charge is 0.534 e. The molecule has 6 nitrogen and oxygen atoms in total. The van der Waals surface area contributed by atoms with Crippen molar-refractivity contribution >= 4 is 26.8 Å². The van der Waals surface area contributed by atoms with Crippen molar-refractivity contribution in [3.05, 3.63) is 36.5 Å². The maximum atomic E-state index is 12.5. The zero-order valence-corrected chi connectivity index (χ0v) is 13.6. The Labute approximate surface area is 136 Å². The highest BCUT2D eigenvalue weighted by molar-refractivity contribution is 7.87. The standard InChI is InChI=1S/C14H14F3NO5S/c1-9(23-24(19,20)14(15,16)17)10-4-5-12(22-3)13-11(10)6-7-18(13)8-21-2/h4-7H,1,8H2,2-3H3. The molecule has 24 heavy (non-hydrogen) atoms. The van der Waals surface area contributed by atoms with E-state index in [1.807, 2.05) is 0 Å². The summed E-state index contributed by atoms with van der Waals surface area (Å²) in [5.74, 6) is -0.211. The van der Waals surface area contributed by atoms with Crippen LogP contribution < -0.4 is 4.74 Å². The molecule has 0 saturated heterocycles. The maximum Gasteiger partial charge on any atom is 0.534 e. The highest BCUT2D eigenvalue weighted by Crippen LogP contribution is 2.35. The zero-order valence-electron chi connectivity index (χ0n) is 12.8. The minimum atomic E-state index is -5.80. The van der Waals surface area contributed by atoms with Crippen LogP contribution in [0.25, 0.3) is 16.7 Å². The smallest absolute Gasteiger partial charge is 0.495 e. The fraction of sp³-hybridized carbons (Fsp3) is 0.286. The average molecular weight is 365 g/mol. The first kappa shape index (κ1) is 18.1. The summed E-state index contributed by atoms with van der Waals surface area (Å²) in [6.07, 6.45) is 1.62. The second kappa shape index (κ2) is 6.36. The van der Waals surface area contributed by atoms with E-state index in [4.69, 9.17) is 9.47 Å². The number of rotatable bonds is 6. The van der Waals surface area contributed by atoms with Crippen LogP contribution in [-0.2, 0) is 25.8 Å². The molecule has 1 heterocycles. The predicted octanol–water partition coefficient (Wildman–Crippen LogP) is 3.09. The SMILES string of the molecule is C=C(OS(=O)(=O)C(F)(F)F)c1ccc(OC)c2c1ccn2COC. The van der Waals surface area contributed by atoms with E-state index in [1.54, 1.807) is 16.8 Å². The molecule has 0 atom stereocenters. The highest BCUT2D eigenvalue weighted by Gasteiger charge is 2.48. The summed E-state index contributed by atoms with van der Waals surface area (Å²) >= 11 is 0. The third-order valence-electron chi connectivity index (χ3n) is 3.17. The Kier molecular flexibility index (Phi) is 4.81. The van der Waals surface area contributed by atoms with E-state index in [1.165, 1.54) is 26.4 Å². The summed E-state index contributed by atoms with van der Waals surface area (Å²) in [5, 5.41) is 0.411. The van der Waals surface area contributed by atoms with Gasteiger partial charge in [0.05, 0.1) is 12.6 Å². The van der Waals surface area contributed by atoms with Gasteiger partial charge in [0.15, 0.2) is 0 Å². The van der Waals surface area contributed by atoms with Crippen molar-refractivity contribution in [2.45, 2.75) is 12.2 Å². The van der Waals surface area contributed by atoms with Gasteiger partial charge in [-0.15, -0.1) is 0 Å². The van der Waals surface area contributed by atoms with Gasteiger partial charge in [0, 0.05) is 24.3 Å². The van der Waals surface area contributed by atoms with Gasteiger partial charge in [-0.3, -0.25) is 0 Å². The van der Waals surface area contributed by atoms with Crippen LogP contribution in [0.2, 0.25) is 0 Å². The first-order valence-electron chi connectivity index (χ1n) is 6.47. The summed E-state index contributed by atoms with van der Waals surface area (Å²) in [4.78, 5) is 0. The Morgan fingerprint density at radius 3 is 2.46 bits per heavy atom. The van der Waals surface area contributed by atoms with Gasteiger partial charge in [-0.2, -0.15) is 21.6 Å². The number of benzene rings is 1. The second-order valence-electron chi connectivity index (χ2n) is 4.69. The van der Waals surface area contributed by atoms with Crippen molar-refractivity contribution in [2.75, 3.05) is 14.2 Å². The first-order valence-corrected chi connectivity index (χ1v) is 7.88. The summed E-state index contributed by atoms with van der Waals surface area (Å²) < 4.78 is 75.6. The molecule has 0 unspecified atom stereocenters. The van der Waals surface area contributed by atoms with Gasteiger partial charge in [0.2, 0.25) is 0 Å². The van der Waals surface area contributed by atoms with Crippen molar-refractivity contribution in [3.63, 3.8) is 0 Å². The van der Waals surface area contributed by atoms with Crippen LogP contribution in [0.5, 0.6) is 5.75 Å². The average Bonchev–Trinajstić information content (AvgIpc) is 2.89. The summed E-state index contributed by atoms with van der Waals surface area (Å²) in [5.41, 5.74) is -4.94. The van der Waals surface area contributed by atoms with Gasteiger partial charge >= 0.3 is 15.6 Å². The molecule has 1 aromatic heterocycles. The van der Waals surface area contributed by atoms with E-state index < -0.39 is 21.4 Å². The lowest BCUT2D eigenvalue weighted by atomic mass is 10.1.